The number of hydrogen-bond donors (Lipinski definition) is 1. The minimum absolute atomic E-state index is 0.104. The zero-order valence-corrected chi connectivity index (χ0v) is 18.3. The van der Waals surface area contributed by atoms with Crippen molar-refractivity contribution in [3.05, 3.63) is 65.6 Å². The molecule has 0 saturated carbocycles. The van der Waals surface area contributed by atoms with Crippen LogP contribution in [0.3, 0.4) is 0 Å². The summed E-state index contributed by atoms with van der Waals surface area (Å²) in [6.45, 7) is 1.33. The number of aromatic nitrogens is 2. The van der Waals surface area contributed by atoms with Gasteiger partial charge in [0.05, 0.1) is 24.3 Å². The van der Waals surface area contributed by atoms with Gasteiger partial charge in [-0.2, -0.15) is 0 Å². The van der Waals surface area contributed by atoms with Crippen LogP contribution in [0.15, 0.2) is 48.7 Å². The smallest absolute Gasteiger partial charge is 0.407 e. The maximum Gasteiger partial charge on any atom is 0.407 e. The molecule has 7 nitrogen and oxygen atoms in total. The van der Waals surface area contributed by atoms with E-state index in [9.17, 15) is 18.7 Å². The second-order valence-electron chi connectivity index (χ2n) is 8.24. The standard InChI is InChI=1S/C24H26F2N4O3/c1-33-22-8-7-21-23(28-22)18(19(25)11-27-21)9-10-29-13-17(20(26)15-29)14-30(24(31)32)12-16-5-3-2-4-6-16/h2-8,11,17,20H,9-10,12-15H2,1H3,(H,31,32)/t17-,20-/m1/s1. The first kappa shape index (κ1) is 22.8. The van der Waals surface area contributed by atoms with Gasteiger partial charge in [0.25, 0.3) is 0 Å². The van der Waals surface area contributed by atoms with Gasteiger partial charge in [-0.05, 0) is 18.1 Å². The average molecular weight is 456 g/mol. The molecule has 2 aromatic heterocycles. The lowest BCUT2D eigenvalue weighted by molar-refractivity contribution is 0.125. The van der Waals surface area contributed by atoms with E-state index in [0.717, 1.165) is 5.56 Å². The van der Waals surface area contributed by atoms with Gasteiger partial charge in [0.2, 0.25) is 5.88 Å². The van der Waals surface area contributed by atoms with Crippen LogP contribution >= 0.6 is 0 Å². The molecule has 0 spiro atoms. The number of carbonyl (C=O) groups is 1. The number of carboxylic acid groups (broad SMARTS) is 1. The molecule has 1 amide bonds. The molecule has 1 N–H and O–H groups in total. The van der Waals surface area contributed by atoms with Crippen molar-refractivity contribution in [1.82, 2.24) is 19.8 Å². The molecule has 0 aliphatic carbocycles. The lowest BCUT2D eigenvalue weighted by Crippen LogP contribution is -2.37. The van der Waals surface area contributed by atoms with Gasteiger partial charge in [-0.1, -0.05) is 30.3 Å². The second-order valence-corrected chi connectivity index (χ2v) is 8.24. The van der Waals surface area contributed by atoms with Crippen LogP contribution < -0.4 is 4.74 Å². The van der Waals surface area contributed by atoms with Crippen LogP contribution in [0.25, 0.3) is 11.0 Å². The van der Waals surface area contributed by atoms with Crippen LogP contribution in [-0.4, -0.2) is 70.4 Å². The second kappa shape index (κ2) is 10.1. The minimum Gasteiger partial charge on any atom is -0.481 e. The van der Waals surface area contributed by atoms with E-state index < -0.39 is 24.0 Å². The van der Waals surface area contributed by atoms with Crippen molar-refractivity contribution in [3.8, 4) is 5.88 Å². The van der Waals surface area contributed by atoms with Crippen LogP contribution in [0.2, 0.25) is 0 Å². The van der Waals surface area contributed by atoms with Crippen LogP contribution in [0.4, 0.5) is 13.6 Å². The molecule has 33 heavy (non-hydrogen) atoms. The lowest BCUT2D eigenvalue weighted by atomic mass is 10.1. The molecule has 1 fully saturated rings. The summed E-state index contributed by atoms with van der Waals surface area (Å²) in [6.07, 6.45) is -0.725. The van der Waals surface area contributed by atoms with Crippen molar-refractivity contribution in [2.75, 3.05) is 33.3 Å². The summed E-state index contributed by atoms with van der Waals surface area (Å²) in [5.74, 6) is -0.536. The Labute approximate surface area is 190 Å². The largest absolute Gasteiger partial charge is 0.481 e. The number of amides is 1. The van der Waals surface area contributed by atoms with E-state index in [2.05, 4.69) is 9.97 Å². The van der Waals surface area contributed by atoms with E-state index >= 15 is 0 Å². The van der Waals surface area contributed by atoms with E-state index in [0.29, 0.717) is 42.0 Å². The van der Waals surface area contributed by atoms with E-state index in [1.54, 1.807) is 12.1 Å². The van der Waals surface area contributed by atoms with Gasteiger partial charge >= 0.3 is 6.09 Å². The molecule has 4 rings (SSSR count). The maximum atomic E-state index is 14.8. The van der Waals surface area contributed by atoms with Gasteiger partial charge in [0.1, 0.15) is 12.0 Å². The molecule has 1 aliphatic rings. The van der Waals surface area contributed by atoms with Crippen molar-refractivity contribution >= 4 is 17.1 Å². The van der Waals surface area contributed by atoms with Crippen molar-refractivity contribution in [3.63, 3.8) is 0 Å². The summed E-state index contributed by atoms with van der Waals surface area (Å²) in [6, 6.07) is 12.6. The van der Waals surface area contributed by atoms with E-state index in [1.165, 1.54) is 18.2 Å². The number of rotatable bonds is 8. The molecule has 1 aromatic carbocycles. The van der Waals surface area contributed by atoms with Crippen molar-refractivity contribution in [2.24, 2.45) is 5.92 Å². The van der Waals surface area contributed by atoms with E-state index in [4.69, 9.17) is 4.74 Å². The Morgan fingerprint density at radius 2 is 2.03 bits per heavy atom. The summed E-state index contributed by atoms with van der Waals surface area (Å²) in [4.78, 5) is 23.3. The predicted molar refractivity (Wildman–Crippen MR) is 119 cm³/mol. The number of fused-ring (bicyclic) bond motifs is 1. The first-order chi connectivity index (χ1) is 15.9. The summed E-state index contributed by atoms with van der Waals surface area (Å²) in [5, 5.41) is 9.60. The molecular weight excluding hydrogens is 430 g/mol. The highest BCUT2D eigenvalue weighted by Crippen LogP contribution is 2.25. The fourth-order valence-electron chi connectivity index (χ4n) is 4.27. The third-order valence-electron chi connectivity index (χ3n) is 6.01. The molecule has 0 bridgehead atoms. The van der Waals surface area contributed by atoms with Gasteiger partial charge in [-0.25, -0.2) is 18.6 Å². The number of halogens is 2. The Bertz CT molecular complexity index is 1120. The fraction of sp³-hybridized carbons (Fsp3) is 0.375. The van der Waals surface area contributed by atoms with Crippen molar-refractivity contribution in [2.45, 2.75) is 19.1 Å². The Morgan fingerprint density at radius 1 is 1.24 bits per heavy atom. The molecule has 1 saturated heterocycles. The first-order valence-corrected chi connectivity index (χ1v) is 10.8. The Morgan fingerprint density at radius 3 is 2.76 bits per heavy atom. The van der Waals surface area contributed by atoms with Crippen molar-refractivity contribution in [1.29, 1.82) is 0 Å². The van der Waals surface area contributed by atoms with Crippen LogP contribution in [-0.2, 0) is 13.0 Å². The number of methoxy groups -OCH3 is 1. The monoisotopic (exact) mass is 456 g/mol. The summed E-state index contributed by atoms with van der Waals surface area (Å²) in [7, 11) is 1.49. The topological polar surface area (TPSA) is 78.8 Å². The molecule has 0 radical (unpaired) electrons. The van der Waals surface area contributed by atoms with Crippen LogP contribution in [0.1, 0.15) is 11.1 Å². The predicted octanol–water partition coefficient (Wildman–Crippen LogP) is 3.77. The SMILES string of the molecule is COc1ccc2ncc(F)c(CCN3C[C@H](CN(Cc4ccccc4)C(=O)O)[C@H](F)C3)c2n1. The van der Waals surface area contributed by atoms with E-state index in [1.807, 2.05) is 35.2 Å². The van der Waals surface area contributed by atoms with Gasteiger partial charge < -0.3 is 14.7 Å². The van der Waals surface area contributed by atoms with Gasteiger partial charge in [-0.3, -0.25) is 9.88 Å². The Hall–Kier alpha value is -3.33. The highest BCUT2D eigenvalue weighted by Gasteiger charge is 2.35. The fourth-order valence-corrected chi connectivity index (χ4v) is 4.27. The zero-order chi connectivity index (χ0) is 23.4. The Kier molecular flexibility index (Phi) is 6.98. The van der Waals surface area contributed by atoms with Gasteiger partial charge in [0.15, 0.2) is 0 Å². The lowest BCUT2D eigenvalue weighted by Gasteiger charge is -2.24. The maximum absolute atomic E-state index is 14.8. The van der Waals surface area contributed by atoms with Crippen molar-refractivity contribution < 1.29 is 23.4 Å². The Balaban J connectivity index is 1.41. The molecular formula is C24H26F2N4O3. The normalized spacial score (nSPS) is 18.5. The third kappa shape index (κ3) is 5.36. The minimum atomic E-state index is -1.15. The number of ether oxygens (including phenoxy) is 1. The quantitative estimate of drug-likeness (QED) is 0.556. The molecule has 1 aliphatic heterocycles. The molecule has 174 valence electrons. The molecule has 9 heteroatoms. The molecule has 3 aromatic rings. The number of likely N-dealkylation sites (tertiary alicyclic amines) is 1. The number of hydrogen-bond acceptors (Lipinski definition) is 5. The number of alkyl halides is 1. The third-order valence-corrected chi connectivity index (χ3v) is 6.01. The summed E-state index contributed by atoms with van der Waals surface area (Å²) in [5.41, 5.74) is 2.26. The molecule has 0 unspecified atom stereocenters. The summed E-state index contributed by atoms with van der Waals surface area (Å²) < 4.78 is 34.5. The number of nitrogens with zero attached hydrogens (tertiary/aromatic N) is 4. The number of benzene rings is 1. The van der Waals surface area contributed by atoms with Gasteiger partial charge in [-0.15, -0.1) is 0 Å². The van der Waals surface area contributed by atoms with Gasteiger partial charge in [0, 0.05) is 50.3 Å². The number of pyridine rings is 2. The van der Waals surface area contributed by atoms with Crippen LogP contribution in [0, 0.1) is 11.7 Å². The zero-order valence-electron chi connectivity index (χ0n) is 18.3. The summed E-state index contributed by atoms with van der Waals surface area (Å²) >= 11 is 0. The molecule has 3 heterocycles. The average Bonchev–Trinajstić information content (AvgIpc) is 3.17. The highest BCUT2D eigenvalue weighted by molar-refractivity contribution is 5.78. The molecule has 2 atom stereocenters. The first-order valence-electron chi connectivity index (χ1n) is 10.8. The van der Waals surface area contributed by atoms with E-state index in [-0.39, 0.29) is 19.6 Å². The van der Waals surface area contributed by atoms with Crippen LogP contribution in [0.5, 0.6) is 5.88 Å². The highest BCUT2D eigenvalue weighted by atomic mass is 19.1.